The zero-order valence-corrected chi connectivity index (χ0v) is 11.6. The number of carbonyl (C=O) groups is 1. The fourth-order valence-corrected chi connectivity index (χ4v) is 3.49. The molecule has 0 bridgehead atoms. The van der Waals surface area contributed by atoms with Crippen LogP contribution in [-0.4, -0.2) is 18.5 Å². The van der Waals surface area contributed by atoms with Gasteiger partial charge in [0.1, 0.15) is 5.60 Å². The quantitative estimate of drug-likeness (QED) is 0.737. The predicted octanol–water partition coefficient (Wildman–Crippen LogP) is 3.44. The van der Waals surface area contributed by atoms with Crippen molar-refractivity contribution in [2.75, 3.05) is 7.11 Å². The van der Waals surface area contributed by atoms with Crippen molar-refractivity contribution in [1.29, 1.82) is 0 Å². The lowest BCUT2D eigenvalue weighted by atomic mass is 9.57. The van der Waals surface area contributed by atoms with Crippen LogP contribution in [0.2, 0.25) is 0 Å². The molecule has 1 saturated carbocycles. The summed E-state index contributed by atoms with van der Waals surface area (Å²) in [5, 5.41) is 0. The van der Waals surface area contributed by atoms with Crippen LogP contribution in [0, 0.1) is 17.3 Å². The first-order valence-corrected chi connectivity index (χ1v) is 6.39. The fourth-order valence-electron chi connectivity index (χ4n) is 3.49. The van der Waals surface area contributed by atoms with Gasteiger partial charge in [0.15, 0.2) is 5.78 Å². The summed E-state index contributed by atoms with van der Waals surface area (Å²) in [7, 11) is 1.70. The van der Waals surface area contributed by atoms with E-state index < -0.39 is 5.60 Å². The molecule has 0 aromatic rings. The third kappa shape index (κ3) is 1.81. The van der Waals surface area contributed by atoms with E-state index in [0.717, 1.165) is 12.8 Å². The van der Waals surface area contributed by atoms with Crippen molar-refractivity contribution >= 4 is 5.78 Å². The summed E-state index contributed by atoms with van der Waals surface area (Å²) in [6.07, 6.45) is 3.37. The fraction of sp³-hybridized carbons (Fsp3) is 0.929. The molecule has 2 nitrogen and oxygen atoms in total. The van der Waals surface area contributed by atoms with Crippen LogP contribution in [0.5, 0.6) is 0 Å². The summed E-state index contributed by atoms with van der Waals surface area (Å²) in [5.41, 5.74) is -0.639. The van der Waals surface area contributed by atoms with Crippen LogP contribution in [-0.2, 0) is 9.53 Å². The molecule has 94 valence electrons. The van der Waals surface area contributed by atoms with Gasteiger partial charge in [-0.1, -0.05) is 41.0 Å². The number of hydrogen-bond acceptors (Lipinski definition) is 2. The molecule has 1 fully saturated rings. The van der Waals surface area contributed by atoms with Gasteiger partial charge in [-0.15, -0.1) is 0 Å². The van der Waals surface area contributed by atoms with Gasteiger partial charge in [-0.2, -0.15) is 0 Å². The molecular weight excluding hydrogens is 200 g/mol. The third-order valence-corrected chi connectivity index (χ3v) is 4.35. The second-order valence-corrected chi connectivity index (χ2v) is 6.14. The van der Waals surface area contributed by atoms with E-state index >= 15 is 0 Å². The maximum atomic E-state index is 12.6. The molecule has 0 radical (unpaired) electrons. The lowest BCUT2D eigenvalue weighted by Crippen LogP contribution is -2.60. The minimum absolute atomic E-state index is 0.0415. The van der Waals surface area contributed by atoms with Gasteiger partial charge >= 0.3 is 0 Å². The molecule has 2 heteroatoms. The minimum Gasteiger partial charge on any atom is -0.370 e. The van der Waals surface area contributed by atoms with Crippen molar-refractivity contribution in [3.8, 4) is 0 Å². The molecule has 2 atom stereocenters. The Hall–Kier alpha value is -0.370. The van der Waals surface area contributed by atoms with E-state index in [1.807, 2.05) is 13.8 Å². The highest BCUT2D eigenvalue weighted by atomic mass is 16.5. The minimum atomic E-state index is -0.584. The molecule has 0 N–H and O–H groups in total. The standard InChI is InChI=1S/C14H26O2/c1-10(2)12(15)14(16-6)11(3)8-7-9-13(14,4)5/h10-11H,7-9H2,1-6H3. The van der Waals surface area contributed by atoms with Crippen molar-refractivity contribution in [1.82, 2.24) is 0 Å². The van der Waals surface area contributed by atoms with E-state index in [4.69, 9.17) is 4.74 Å². The van der Waals surface area contributed by atoms with Gasteiger partial charge < -0.3 is 4.74 Å². The van der Waals surface area contributed by atoms with Crippen LogP contribution in [0.15, 0.2) is 0 Å². The molecule has 0 aromatic heterocycles. The summed E-state index contributed by atoms with van der Waals surface area (Å²) in [6, 6.07) is 0. The summed E-state index contributed by atoms with van der Waals surface area (Å²) in [4.78, 5) is 12.6. The maximum absolute atomic E-state index is 12.6. The Kier molecular flexibility index (Phi) is 3.83. The zero-order chi connectivity index (χ0) is 12.6. The summed E-state index contributed by atoms with van der Waals surface area (Å²) >= 11 is 0. The SMILES string of the molecule is COC1(C(=O)C(C)C)C(C)CCCC1(C)C. The molecule has 0 spiro atoms. The van der Waals surface area contributed by atoms with Crippen LogP contribution in [0.4, 0.5) is 0 Å². The average molecular weight is 226 g/mol. The Bertz CT molecular complexity index is 268. The van der Waals surface area contributed by atoms with Crippen LogP contribution < -0.4 is 0 Å². The molecule has 2 unspecified atom stereocenters. The Balaban J connectivity index is 3.20. The molecule has 0 saturated heterocycles. The number of ketones is 1. The van der Waals surface area contributed by atoms with E-state index in [1.165, 1.54) is 6.42 Å². The second-order valence-electron chi connectivity index (χ2n) is 6.14. The predicted molar refractivity (Wildman–Crippen MR) is 66.4 cm³/mol. The lowest BCUT2D eigenvalue weighted by Gasteiger charge is -2.52. The van der Waals surface area contributed by atoms with Gasteiger partial charge in [-0.25, -0.2) is 0 Å². The summed E-state index contributed by atoms with van der Waals surface area (Å²) in [5.74, 6) is 0.628. The van der Waals surface area contributed by atoms with E-state index in [9.17, 15) is 4.79 Å². The van der Waals surface area contributed by atoms with Gasteiger partial charge in [-0.3, -0.25) is 4.79 Å². The molecule has 1 aliphatic carbocycles. The maximum Gasteiger partial charge on any atom is 0.167 e. The normalized spacial score (nSPS) is 34.1. The summed E-state index contributed by atoms with van der Waals surface area (Å²) in [6.45, 7) is 10.4. The molecule has 0 amide bonds. The number of methoxy groups -OCH3 is 1. The highest BCUT2D eigenvalue weighted by Crippen LogP contribution is 2.50. The highest BCUT2D eigenvalue weighted by molar-refractivity contribution is 5.90. The van der Waals surface area contributed by atoms with E-state index in [0.29, 0.717) is 5.92 Å². The second kappa shape index (κ2) is 4.48. The average Bonchev–Trinajstić information content (AvgIpc) is 2.17. The number of hydrogen-bond donors (Lipinski definition) is 0. The first-order valence-electron chi connectivity index (χ1n) is 6.39. The van der Waals surface area contributed by atoms with Crippen molar-refractivity contribution in [3.05, 3.63) is 0 Å². The first kappa shape index (κ1) is 13.7. The lowest BCUT2D eigenvalue weighted by molar-refractivity contribution is -0.182. The molecule has 0 heterocycles. The Morgan fingerprint density at radius 1 is 1.38 bits per heavy atom. The molecule has 0 aromatic carbocycles. The van der Waals surface area contributed by atoms with Crippen molar-refractivity contribution in [2.45, 2.75) is 59.5 Å². The van der Waals surface area contributed by atoms with Crippen molar-refractivity contribution in [3.63, 3.8) is 0 Å². The molecule has 1 aliphatic rings. The Labute approximate surface area is 99.8 Å². The van der Waals surface area contributed by atoms with E-state index in [1.54, 1.807) is 7.11 Å². The van der Waals surface area contributed by atoms with Crippen LogP contribution >= 0.6 is 0 Å². The van der Waals surface area contributed by atoms with Crippen molar-refractivity contribution in [2.24, 2.45) is 17.3 Å². The molecule has 0 aliphatic heterocycles. The van der Waals surface area contributed by atoms with Crippen LogP contribution in [0.1, 0.15) is 53.9 Å². The van der Waals surface area contributed by atoms with Crippen molar-refractivity contribution < 1.29 is 9.53 Å². The molecule has 16 heavy (non-hydrogen) atoms. The number of ether oxygens (including phenoxy) is 1. The zero-order valence-electron chi connectivity index (χ0n) is 11.6. The van der Waals surface area contributed by atoms with Gasteiger partial charge in [-0.05, 0) is 18.8 Å². The third-order valence-electron chi connectivity index (χ3n) is 4.35. The summed E-state index contributed by atoms with van der Waals surface area (Å²) < 4.78 is 5.78. The van der Waals surface area contributed by atoms with Crippen LogP contribution in [0.25, 0.3) is 0 Å². The monoisotopic (exact) mass is 226 g/mol. The van der Waals surface area contributed by atoms with Gasteiger partial charge in [0.25, 0.3) is 0 Å². The number of Topliss-reactive ketones (excluding diaryl/α,β-unsaturated/α-hetero) is 1. The highest BCUT2D eigenvalue weighted by Gasteiger charge is 2.56. The number of carbonyl (C=O) groups excluding carboxylic acids is 1. The number of rotatable bonds is 3. The van der Waals surface area contributed by atoms with Gasteiger partial charge in [0, 0.05) is 18.4 Å². The Morgan fingerprint density at radius 2 is 1.94 bits per heavy atom. The smallest absolute Gasteiger partial charge is 0.167 e. The van der Waals surface area contributed by atoms with Gasteiger partial charge in [0.05, 0.1) is 0 Å². The Morgan fingerprint density at radius 3 is 2.31 bits per heavy atom. The largest absolute Gasteiger partial charge is 0.370 e. The van der Waals surface area contributed by atoms with E-state index in [-0.39, 0.29) is 17.1 Å². The van der Waals surface area contributed by atoms with Crippen LogP contribution in [0.3, 0.4) is 0 Å². The molecule has 1 rings (SSSR count). The van der Waals surface area contributed by atoms with E-state index in [2.05, 4.69) is 20.8 Å². The first-order chi connectivity index (χ1) is 7.29. The topological polar surface area (TPSA) is 26.3 Å². The van der Waals surface area contributed by atoms with Gasteiger partial charge in [0.2, 0.25) is 0 Å². The molecular formula is C14H26O2.